The molecule has 11 heteroatoms. The number of nitrogens with zero attached hydrogens (tertiary/aromatic N) is 2. The largest absolute Gasteiger partial charge is 0.444 e. The molecular formula is C18H30N2O9. The first-order chi connectivity index (χ1) is 13.6. The number of aliphatic hydroxyl groups is 5. The molecule has 0 aromatic carbocycles. The molecule has 166 valence electrons. The number of piperidine rings is 1. The van der Waals surface area contributed by atoms with Crippen molar-refractivity contribution >= 4 is 17.9 Å². The first-order valence-electron chi connectivity index (χ1n) is 9.71. The molecule has 0 saturated carbocycles. The Morgan fingerprint density at radius 2 is 1.69 bits per heavy atom. The molecule has 2 unspecified atom stereocenters. The predicted molar refractivity (Wildman–Crippen MR) is 97.3 cm³/mol. The van der Waals surface area contributed by atoms with Gasteiger partial charge in [-0.2, -0.15) is 0 Å². The number of aliphatic hydroxyl groups excluding tert-OH is 5. The van der Waals surface area contributed by atoms with Gasteiger partial charge in [-0.1, -0.05) is 0 Å². The molecular weight excluding hydrogens is 388 g/mol. The van der Waals surface area contributed by atoms with Crippen LogP contribution in [0.3, 0.4) is 0 Å². The zero-order valence-electron chi connectivity index (χ0n) is 16.6. The minimum absolute atomic E-state index is 0.134. The minimum Gasteiger partial charge on any atom is -0.444 e. The second kappa shape index (κ2) is 9.35. The van der Waals surface area contributed by atoms with Crippen molar-refractivity contribution in [2.24, 2.45) is 5.41 Å². The van der Waals surface area contributed by atoms with Crippen LogP contribution in [0.1, 0.15) is 33.1 Å². The Morgan fingerprint density at radius 3 is 2.17 bits per heavy atom. The lowest BCUT2D eigenvalue weighted by molar-refractivity contribution is -0.143. The van der Waals surface area contributed by atoms with Gasteiger partial charge < -0.3 is 35.2 Å². The maximum Gasteiger partial charge on any atom is 0.410 e. The summed E-state index contributed by atoms with van der Waals surface area (Å²) in [5, 5.41) is 47.7. The highest BCUT2D eigenvalue weighted by Gasteiger charge is 2.52. The van der Waals surface area contributed by atoms with Gasteiger partial charge in [0, 0.05) is 26.1 Å². The lowest BCUT2D eigenvalue weighted by Gasteiger charge is -2.37. The molecule has 2 aliphatic rings. The van der Waals surface area contributed by atoms with Crippen molar-refractivity contribution < 1.29 is 44.7 Å². The number of ether oxygens (including phenoxy) is 1. The third-order valence-corrected chi connectivity index (χ3v) is 5.83. The first-order valence-corrected chi connectivity index (χ1v) is 9.71. The molecule has 0 aromatic rings. The molecule has 1 spiro atoms. The molecule has 0 bridgehead atoms. The van der Waals surface area contributed by atoms with E-state index in [1.54, 1.807) is 6.92 Å². The molecule has 0 aromatic heterocycles. The lowest BCUT2D eigenvalue weighted by Crippen LogP contribution is -2.52. The third kappa shape index (κ3) is 4.69. The molecule has 2 saturated heterocycles. The van der Waals surface area contributed by atoms with Crippen LogP contribution in [-0.4, -0.2) is 110 Å². The van der Waals surface area contributed by atoms with Crippen molar-refractivity contribution in [3.8, 4) is 0 Å². The summed E-state index contributed by atoms with van der Waals surface area (Å²) in [7, 11) is 0. The van der Waals surface area contributed by atoms with Crippen LogP contribution in [0, 0.1) is 5.41 Å². The second-order valence-electron chi connectivity index (χ2n) is 7.70. The zero-order chi connectivity index (χ0) is 21.9. The average Bonchev–Trinajstić information content (AvgIpc) is 2.94. The van der Waals surface area contributed by atoms with Crippen molar-refractivity contribution in [3.05, 3.63) is 0 Å². The van der Waals surface area contributed by atoms with Gasteiger partial charge >= 0.3 is 6.09 Å². The van der Waals surface area contributed by atoms with Crippen molar-refractivity contribution in [2.45, 2.75) is 63.6 Å². The molecule has 2 heterocycles. The smallest absolute Gasteiger partial charge is 0.410 e. The maximum absolute atomic E-state index is 12.5. The van der Waals surface area contributed by atoms with Gasteiger partial charge in [0.1, 0.15) is 30.5 Å². The number of rotatable bonds is 7. The third-order valence-electron chi connectivity index (χ3n) is 5.83. The monoisotopic (exact) mass is 418 g/mol. The van der Waals surface area contributed by atoms with Crippen molar-refractivity contribution in [3.63, 3.8) is 0 Å². The average molecular weight is 418 g/mol. The van der Waals surface area contributed by atoms with Crippen LogP contribution in [0.15, 0.2) is 0 Å². The molecule has 0 aliphatic carbocycles. The topological polar surface area (TPSA) is 168 Å². The highest BCUT2D eigenvalue weighted by Crippen LogP contribution is 2.42. The van der Waals surface area contributed by atoms with Crippen LogP contribution in [0.25, 0.3) is 0 Å². The van der Waals surface area contributed by atoms with E-state index in [0.29, 0.717) is 19.4 Å². The summed E-state index contributed by atoms with van der Waals surface area (Å²) in [6.07, 6.45) is -8.21. The van der Waals surface area contributed by atoms with Gasteiger partial charge in [0.25, 0.3) is 0 Å². The number of hydrogen-bond donors (Lipinski definition) is 5. The van der Waals surface area contributed by atoms with Crippen LogP contribution >= 0.6 is 0 Å². The summed E-state index contributed by atoms with van der Waals surface area (Å²) in [5.41, 5.74) is -0.782. The van der Waals surface area contributed by atoms with Gasteiger partial charge in [-0.25, -0.2) is 4.79 Å². The number of carbonyl (C=O) groups excluding carboxylic acids is 3. The van der Waals surface area contributed by atoms with Gasteiger partial charge in [0.15, 0.2) is 0 Å². The minimum atomic E-state index is -1.84. The molecule has 2 aliphatic heterocycles. The Labute approximate surface area is 168 Å². The van der Waals surface area contributed by atoms with Crippen LogP contribution in [-0.2, 0) is 14.3 Å². The summed E-state index contributed by atoms with van der Waals surface area (Å²) in [6.45, 7) is 2.96. The number of hydrogen-bond acceptors (Lipinski definition) is 9. The molecule has 0 radical (unpaired) electrons. The Bertz CT molecular complexity index is 620. The van der Waals surface area contributed by atoms with E-state index in [9.17, 15) is 34.8 Å². The van der Waals surface area contributed by atoms with E-state index in [-0.39, 0.29) is 31.3 Å². The van der Waals surface area contributed by atoms with Gasteiger partial charge in [0.2, 0.25) is 11.8 Å². The van der Waals surface area contributed by atoms with Crippen LogP contribution < -0.4 is 0 Å². The fraction of sp³-hybridized carbons (Fsp3) is 0.833. The van der Waals surface area contributed by atoms with Gasteiger partial charge in [-0.05, 0) is 26.7 Å². The second-order valence-corrected chi connectivity index (χ2v) is 7.70. The number of likely N-dealkylation sites (tertiary alicyclic amines) is 2. The molecule has 2 rings (SSSR count). The standard InChI is InChI=1S/C18H30N2O9/c1-3-20-12(23)8-18(16(20)27)4-6-19(7-5-18)17(28)29-10(2)13(24)15(26)14(25)11(22)9-21/h10-11,13-15,21-22,24-26H,3-9H2,1-2H3/t10-,11-,13?,14-,15?/m0/s1. The maximum atomic E-state index is 12.5. The Balaban J connectivity index is 1.90. The number of imide groups is 1. The summed E-state index contributed by atoms with van der Waals surface area (Å²) in [6, 6.07) is 0. The Hall–Kier alpha value is -1.79. The SMILES string of the molecule is CCN1C(=O)CC2(CCN(C(=O)O[C@@H](C)C(O)C(O)[C@@H](O)[C@@H](O)CO)CC2)C1=O. The molecule has 29 heavy (non-hydrogen) atoms. The van der Waals surface area contributed by atoms with Crippen molar-refractivity contribution in [2.75, 3.05) is 26.2 Å². The highest BCUT2D eigenvalue weighted by molar-refractivity contribution is 6.06. The summed E-state index contributed by atoms with van der Waals surface area (Å²) < 4.78 is 5.14. The van der Waals surface area contributed by atoms with Crippen molar-refractivity contribution in [1.82, 2.24) is 9.80 Å². The summed E-state index contributed by atoms with van der Waals surface area (Å²) in [5.74, 6) is -0.413. The molecule has 5 N–H and O–H groups in total. The lowest BCUT2D eigenvalue weighted by atomic mass is 9.77. The fourth-order valence-corrected chi connectivity index (χ4v) is 3.81. The highest BCUT2D eigenvalue weighted by atomic mass is 16.6. The fourth-order valence-electron chi connectivity index (χ4n) is 3.81. The van der Waals surface area contributed by atoms with Crippen LogP contribution in [0.5, 0.6) is 0 Å². The number of carbonyl (C=O) groups is 3. The zero-order valence-corrected chi connectivity index (χ0v) is 16.6. The first kappa shape index (κ1) is 23.5. The van der Waals surface area contributed by atoms with E-state index in [4.69, 9.17) is 9.84 Å². The number of amides is 3. The normalized spacial score (nSPS) is 24.4. The van der Waals surface area contributed by atoms with Gasteiger partial charge in [-0.15, -0.1) is 0 Å². The van der Waals surface area contributed by atoms with Crippen LogP contribution in [0.4, 0.5) is 4.79 Å². The molecule has 5 atom stereocenters. The predicted octanol–water partition coefficient (Wildman–Crippen LogP) is -2.19. The van der Waals surface area contributed by atoms with Crippen molar-refractivity contribution in [1.29, 1.82) is 0 Å². The summed E-state index contributed by atoms with van der Waals surface area (Å²) >= 11 is 0. The van der Waals surface area contributed by atoms with E-state index < -0.39 is 48.6 Å². The van der Waals surface area contributed by atoms with E-state index in [2.05, 4.69) is 0 Å². The molecule has 2 fully saturated rings. The van der Waals surface area contributed by atoms with Crippen LogP contribution in [0.2, 0.25) is 0 Å². The molecule has 3 amide bonds. The molecule has 11 nitrogen and oxygen atoms in total. The Morgan fingerprint density at radius 1 is 1.10 bits per heavy atom. The quantitative estimate of drug-likeness (QED) is 0.288. The van der Waals surface area contributed by atoms with E-state index in [1.807, 2.05) is 0 Å². The van der Waals surface area contributed by atoms with Gasteiger partial charge in [0.05, 0.1) is 12.0 Å². The van der Waals surface area contributed by atoms with E-state index >= 15 is 0 Å². The Kier molecular flexibility index (Phi) is 7.57. The summed E-state index contributed by atoms with van der Waals surface area (Å²) in [4.78, 5) is 39.5. The van der Waals surface area contributed by atoms with Gasteiger partial charge in [-0.3, -0.25) is 14.5 Å². The van der Waals surface area contributed by atoms with E-state index in [0.717, 1.165) is 0 Å². The van der Waals surface area contributed by atoms with E-state index in [1.165, 1.54) is 16.7 Å².